The highest BCUT2D eigenvalue weighted by Gasteiger charge is 2.51. The predicted octanol–water partition coefficient (Wildman–Crippen LogP) is 16.2. The van der Waals surface area contributed by atoms with Gasteiger partial charge in [-0.2, -0.15) is 0 Å². The first kappa shape index (κ1) is 34.3. The summed E-state index contributed by atoms with van der Waals surface area (Å²) < 4.78 is 15.8. The fourth-order valence-corrected chi connectivity index (χ4v) is 12.7. The number of furan rings is 1. The summed E-state index contributed by atoms with van der Waals surface area (Å²) in [5.41, 5.74) is 17.2. The Hall–Kier alpha value is -7.40. The van der Waals surface area contributed by atoms with Crippen LogP contribution in [0.25, 0.3) is 64.4 Å². The van der Waals surface area contributed by atoms with Gasteiger partial charge >= 0.3 is 0 Å². The van der Waals surface area contributed by atoms with Crippen LogP contribution in [0.2, 0.25) is 0 Å². The number of hydrogen-bond donors (Lipinski definition) is 0. The Morgan fingerprint density at radius 1 is 0.435 bits per heavy atom. The van der Waals surface area contributed by atoms with E-state index in [9.17, 15) is 0 Å². The average Bonchev–Trinajstić information content (AvgIpc) is 4.02. The second-order valence-corrected chi connectivity index (χ2v) is 18.6. The van der Waals surface area contributed by atoms with Gasteiger partial charge in [-0.25, -0.2) is 0 Å². The van der Waals surface area contributed by atoms with Crippen LogP contribution in [-0.2, 0) is 10.8 Å². The van der Waals surface area contributed by atoms with Gasteiger partial charge in [-0.1, -0.05) is 135 Å². The number of rotatable bonds is 3. The monoisotopic (exact) mass is 811 g/mol. The van der Waals surface area contributed by atoms with Crippen molar-refractivity contribution < 1.29 is 9.15 Å². The summed E-state index contributed by atoms with van der Waals surface area (Å²) in [6.45, 7) is 4.72. The third-order valence-corrected chi connectivity index (χ3v) is 15.2. The number of para-hydroxylation sites is 3. The van der Waals surface area contributed by atoms with Crippen LogP contribution < -0.4 is 9.64 Å². The number of fused-ring (bicyclic) bond motifs is 18. The molecule has 0 unspecified atom stereocenters. The Morgan fingerprint density at radius 3 is 1.90 bits per heavy atom. The summed E-state index contributed by atoms with van der Waals surface area (Å²) in [6, 6.07) is 69.0. The van der Waals surface area contributed by atoms with E-state index in [4.69, 9.17) is 9.15 Å². The standard InChI is InChI=1S/C58H37NO2S/c1-57(2)41-18-6-4-17-38(41)55-45(57)22-13-23-47(55)59(34-29-30-37-36-16-5-10-25-49(36)60-52(37)31-34)48-24-14-28-53-56(48)40-32-39-35-15-3-7-19-42(35)58(46(39)33-54(40)62-53)43-20-8-11-26-50(43)61-51-27-12-9-21-44(51)58/h3-33H,1-2H3. The highest BCUT2D eigenvalue weighted by Crippen LogP contribution is 2.63. The molecule has 4 heteroatoms. The lowest BCUT2D eigenvalue weighted by Crippen LogP contribution is -2.32. The van der Waals surface area contributed by atoms with Crippen molar-refractivity contribution in [3.8, 4) is 33.8 Å². The third kappa shape index (κ3) is 4.29. The maximum Gasteiger partial charge on any atom is 0.137 e. The van der Waals surface area contributed by atoms with Gasteiger partial charge in [0.25, 0.3) is 0 Å². The van der Waals surface area contributed by atoms with Crippen molar-refractivity contribution in [3.05, 3.63) is 221 Å². The zero-order valence-corrected chi connectivity index (χ0v) is 34.9. The quantitative estimate of drug-likeness (QED) is 0.178. The normalized spacial score (nSPS) is 14.7. The van der Waals surface area contributed by atoms with Gasteiger partial charge in [0.15, 0.2) is 0 Å². The zero-order chi connectivity index (χ0) is 40.9. The van der Waals surface area contributed by atoms with E-state index in [0.717, 1.165) is 50.5 Å². The van der Waals surface area contributed by atoms with Crippen LogP contribution >= 0.6 is 11.3 Å². The first-order valence-electron chi connectivity index (χ1n) is 21.4. The predicted molar refractivity (Wildman–Crippen MR) is 256 cm³/mol. The third-order valence-electron chi connectivity index (χ3n) is 14.1. The molecule has 0 saturated heterocycles. The van der Waals surface area contributed by atoms with Crippen LogP contribution in [0.1, 0.15) is 47.2 Å². The number of anilines is 3. The fourth-order valence-electron chi connectivity index (χ4n) is 11.5. The Kier molecular flexibility index (Phi) is 6.71. The largest absolute Gasteiger partial charge is 0.457 e. The maximum absolute atomic E-state index is 6.66. The van der Waals surface area contributed by atoms with Gasteiger partial charge in [0.05, 0.1) is 16.8 Å². The van der Waals surface area contributed by atoms with Crippen LogP contribution in [0.5, 0.6) is 11.5 Å². The molecule has 0 N–H and O–H groups in total. The molecule has 0 atom stereocenters. The lowest BCUT2D eigenvalue weighted by molar-refractivity contribution is 0.436. The van der Waals surface area contributed by atoms with Crippen molar-refractivity contribution in [3.63, 3.8) is 0 Å². The molecule has 0 fully saturated rings. The summed E-state index contributed by atoms with van der Waals surface area (Å²) in [7, 11) is 0. The molecule has 292 valence electrons. The van der Waals surface area contributed by atoms with E-state index < -0.39 is 5.41 Å². The van der Waals surface area contributed by atoms with Crippen LogP contribution in [0.4, 0.5) is 17.1 Å². The van der Waals surface area contributed by atoms with E-state index in [1.165, 1.54) is 75.8 Å². The topological polar surface area (TPSA) is 25.6 Å². The lowest BCUT2D eigenvalue weighted by atomic mass is 9.66. The second-order valence-electron chi connectivity index (χ2n) is 17.5. The summed E-state index contributed by atoms with van der Waals surface area (Å²) in [6.07, 6.45) is 0. The number of benzene rings is 9. The number of thiophene rings is 1. The van der Waals surface area contributed by atoms with Gasteiger partial charge in [-0.15, -0.1) is 11.3 Å². The van der Waals surface area contributed by atoms with Crippen LogP contribution in [0.15, 0.2) is 192 Å². The molecule has 11 aromatic rings. The van der Waals surface area contributed by atoms with Crippen molar-refractivity contribution in [1.29, 1.82) is 0 Å². The molecule has 3 nitrogen and oxygen atoms in total. The SMILES string of the molecule is CC1(C)c2ccccc2-c2c(N(c3ccc4c(c3)oc3ccccc34)c3cccc4sc5cc6c(cc5c34)-c3ccccc3C63c4ccccc4Oc4ccccc43)cccc21. The van der Waals surface area contributed by atoms with Gasteiger partial charge in [-0.05, 0) is 99.6 Å². The van der Waals surface area contributed by atoms with Crippen molar-refractivity contribution in [2.75, 3.05) is 4.90 Å². The van der Waals surface area contributed by atoms with E-state index in [-0.39, 0.29) is 5.41 Å². The molecule has 0 amide bonds. The fraction of sp³-hybridized carbons (Fsp3) is 0.0690. The molecule has 3 aliphatic rings. The van der Waals surface area contributed by atoms with E-state index in [1.54, 1.807) is 0 Å². The van der Waals surface area contributed by atoms with Crippen molar-refractivity contribution in [1.82, 2.24) is 0 Å². The average molecular weight is 812 g/mol. The molecular formula is C58H37NO2S. The second kappa shape index (κ2) is 12.1. The molecule has 3 heterocycles. The Morgan fingerprint density at radius 2 is 1.08 bits per heavy atom. The van der Waals surface area contributed by atoms with Gasteiger partial charge in [0, 0.05) is 64.8 Å². The maximum atomic E-state index is 6.66. The van der Waals surface area contributed by atoms with E-state index >= 15 is 0 Å². The summed E-state index contributed by atoms with van der Waals surface area (Å²) >= 11 is 1.88. The highest BCUT2D eigenvalue weighted by atomic mass is 32.1. The number of ether oxygens (including phenoxy) is 1. The number of hydrogen-bond acceptors (Lipinski definition) is 4. The van der Waals surface area contributed by atoms with Gasteiger partial charge in [0.1, 0.15) is 22.7 Å². The van der Waals surface area contributed by atoms with Crippen LogP contribution in [0, 0.1) is 0 Å². The Labute approximate surface area is 362 Å². The summed E-state index contributed by atoms with van der Waals surface area (Å²) in [5, 5.41) is 4.74. The minimum Gasteiger partial charge on any atom is -0.457 e. The molecule has 1 aliphatic heterocycles. The molecule has 14 rings (SSSR count). The highest BCUT2D eigenvalue weighted by molar-refractivity contribution is 7.26. The summed E-state index contributed by atoms with van der Waals surface area (Å²) in [4.78, 5) is 2.51. The van der Waals surface area contributed by atoms with Gasteiger partial charge in [0.2, 0.25) is 0 Å². The van der Waals surface area contributed by atoms with E-state index in [2.05, 4.69) is 201 Å². The minimum atomic E-state index is -0.524. The zero-order valence-electron chi connectivity index (χ0n) is 34.1. The Bertz CT molecular complexity index is 3690. The smallest absolute Gasteiger partial charge is 0.137 e. The molecule has 2 aromatic heterocycles. The minimum absolute atomic E-state index is 0.150. The molecule has 1 spiro atoms. The van der Waals surface area contributed by atoms with Gasteiger partial charge < -0.3 is 14.1 Å². The van der Waals surface area contributed by atoms with Crippen molar-refractivity contribution >= 4 is 70.5 Å². The van der Waals surface area contributed by atoms with Crippen molar-refractivity contribution in [2.45, 2.75) is 24.7 Å². The van der Waals surface area contributed by atoms with E-state index in [0.29, 0.717) is 0 Å². The molecule has 0 saturated carbocycles. The van der Waals surface area contributed by atoms with E-state index in [1.807, 2.05) is 17.4 Å². The van der Waals surface area contributed by atoms with Crippen LogP contribution in [0.3, 0.4) is 0 Å². The first-order chi connectivity index (χ1) is 30.5. The molecule has 62 heavy (non-hydrogen) atoms. The molecule has 2 aliphatic carbocycles. The van der Waals surface area contributed by atoms with Gasteiger partial charge in [-0.3, -0.25) is 0 Å². The Balaban J connectivity index is 1.07. The van der Waals surface area contributed by atoms with Crippen molar-refractivity contribution in [2.24, 2.45) is 0 Å². The molecule has 9 aromatic carbocycles. The lowest BCUT2D eigenvalue weighted by Gasteiger charge is -2.39. The molecule has 0 bridgehead atoms. The summed E-state index contributed by atoms with van der Waals surface area (Å²) in [5.74, 6) is 1.81. The first-order valence-corrected chi connectivity index (χ1v) is 22.2. The number of nitrogens with zero attached hydrogens (tertiary/aromatic N) is 1. The molecule has 0 radical (unpaired) electrons. The van der Waals surface area contributed by atoms with Crippen LogP contribution in [-0.4, -0.2) is 0 Å². The molecular weight excluding hydrogens is 775 g/mol.